The monoisotopic (exact) mass is 458 g/mol. The van der Waals surface area contributed by atoms with Crippen molar-refractivity contribution in [3.8, 4) is 11.5 Å². The van der Waals surface area contributed by atoms with Crippen LogP contribution in [0, 0.1) is 11.8 Å². The van der Waals surface area contributed by atoms with Crippen LogP contribution < -0.4 is 9.47 Å². The third-order valence-corrected chi connectivity index (χ3v) is 8.64. The highest BCUT2D eigenvalue weighted by Crippen LogP contribution is 2.51. The summed E-state index contributed by atoms with van der Waals surface area (Å²) >= 11 is 0. The third kappa shape index (κ3) is 3.45. The molecular weight excluding hydrogens is 424 g/mol. The summed E-state index contributed by atoms with van der Waals surface area (Å²) in [6.45, 7) is 4.60. The molecule has 1 aromatic heterocycles. The molecule has 2 fully saturated rings. The first-order chi connectivity index (χ1) is 16.5. The number of benzene rings is 2. The minimum Gasteiger partial charge on any atom is -0.497 e. The van der Waals surface area contributed by atoms with Crippen LogP contribution in [0.2, 0.25) is 0 Å². The maximum absolute atomic E-state index is 11.2. The summed E-state index contributed by atoms with van der Waals surface area (Å²) in [6.07, 6.45) is 5.70. The van der Waals surface area contributed by atoms with Crippen molar-refractivity contribution in [2.75, 3.05) is 27.3 Å². The lowest BCUT2D eigenvalue weighted by atomic mass is 9.64. The summed E-state index contributed by atoms with van der Waals surface area (Å²) in [4.78, 5) is 6.49. The van der Waals surface area contributed by atoms with Crippen LogP contribution in [0.1, 0.15) is 43.0 Å². The number of fused-ring (bicyclic) bond motifs is 6. The number of nitrogens with one attached hydrogen (secondary N) is 1. The number of aromatic nitrogens is 1. The van der Waals surface area contributed by atoms with Crippen LogP contribution in [0.4, 0.5) is 0 Å². The number of aromatic amines is 1. The highest BCUT2D eigenvalue weighted by molar-refractivity contribution is 5.85. The van der Waals surface area contributed by atoms with Gasteiger partial charge < -0.3 is 19.6 Å². The predicted octanol–water partition coefficient (Wildman–Crippen LogP) is 5.13. The number of aliphatic hydroxyl groups is 1. The molecule has 2 N–H and O–H groups in total. The smallest absolute Gasteiger partial charge is 0.123 e. The highest BCUT2D eigenvalue weighted by Gasteiger charge is 2.49. The molecule has 4 atom stereocenters. The Bertz CT molecular complexity index is 1240. The molecule has 6 rings (SSSR count). The van der Waals surface area contributed by atoms with Crippen molar-refractivity contribution in [3.05, 3.63) is 64.9 Å². The van der Waals surface area contributed by atoms with Crippen LogP contribution in [0.15, 0.2) is 48.0 Å². The van der Waals surface area contributed by atoms with E-state index in [1.54, 1.807) is 14.2 Å². The largest absolute Gasteiger partial charge is 0.497 e. The van der Waals surface area contributed by atoms with Gasteiger partial charge in [0.15, 0.2) is 0 Å². The summed E-state index contributed by atoms with van der Waals surface area (Å²) in [6, 6.07) is 14.6. The van der Waals surface area contributed by atoms with Gasteiger partial charge in [-0.05, 0) is 79.3 Å². The Kier molecular flexibility index (Phi) is 5.23. The minimum absolute atomic E-state index is 0.00880. The van der Waals surface area contributed by atoms with E-state index in [0.29, 0.717) is 11.8 Å². The number of rotatable bonds is 3. The van der Waals surface area contributed by atoms with Crippen LogP contribution in [0.3, 0.4) is 0 Å². The summed E-state index contributed by atoms with van der Waals surface area (Å²) < 4.78 is 10.9. The Balaban J connectivity index is 1.29. The third-order valence-electron chi connectivity index (χ3n) is 8.64. The lowest BCUT2D eigenvalue weighted by molar-refractivity contribution is -0.0402. The van der Waals surface area contributed by atoms with Gasteiger partial charge in [0.25, 0.3) is 0 Å². The molecule has 5 heteroatoms. The first kappa shape index (κ1) is 21.8. The summed E-state index contributed by atoms with van der Waals surface area (Å²) in [7, 11) is 3.34. The Hall–Kier alpha value is -2.76. The molecule has 2 aromatic carbocycles. The van der Waals surface area contributed by atoms with Crippen LogP contribution in [0.5, 0.6) is 11.5 Å². The van der Waals surface area contributed by atoms with Gasteiger partial charge in [-0.2, -0.15) is 0 Å². The number of H-pyrrole nitrogens is 1. The van der Waals surface area contributed by atoms with Crippen molar-refractivity contribution in [2.45, 2.75) is 44.2 Å². The van der Waals surface area contributed by atoms with Crippen molar-refractivity contribution in [3.63, 3.8) is 0 Å². The van der Waals surface area contributed by atoms with Crippen molar-refractivity contribution < 1.29 is 14.6 Å². The van der Waals surface area contributed by atoms with Gasteiger partial charge in [-0.1, -0.05) is 24.3 Å². The zero-order valence-corrected chi connectivity index (χ0v) is 20.3. The molecule has 0 spiro atoms. The van der Waals surface area contributed by atoms with Gasteiger partial charge in [0.2, 0.25) is 0 Å². The molecule has 1 saturated heterocycles. The summed E-state index contributed by atoms with van der Waals surface area (Å²) in [5, 5.41) is 12.5. The van der Waals surface area contributed by atoms with Gasteiger partial charge in [-0.25, -0.2) is 0 Å². The Morgan fingerprint density at radius 3 is 2.62 bits per heavy atom. The first-order valence-corrected chi connectivity index (χ1v) is 12.4. The van der Waals surface area contributed by atoms with E-state index in [0.717, 1.165) is 61.4 Å². The van der Waals surface area contributed by atoms with Gasteiger partial charge >= 0.3 is 0 Å². The topological polar surface area (TPSA) is 57.7 Å². The molecule has 3 aromatic rings. The number of nitrogens with zero attached hydrogens (tertiary/aromatic N) is 1. The van der Waals surface area contributed by atoms with Gasteiger partial charge in [0.05, 0.1) is 25.9 Å². The predicted molar refractivity (Wildman–Crippen MR) is 135 cm³/mol. The number of piperidine rings is 1. The maximum atomic E-state index is 11.2. The molecule has 178 valence electrons. The summed E-state index contributed by atoms with van der Waals surface area (Å²) in [5.74, 6) is 2.63. The number of aliphatic hydroxyl groups excluding tert-OH is 1. The van der Waals surface area contributed by atoms with Crippen LogP contribution >= 0.6 is 0 Å². The summed E-state index contributed by atoms with van der Waals surface area (Å²) in [5.41, 5.74) is 6.30. The van der Waals surface area contributed by atoms with Crippen molar-refractivity contribution >= 4 is 17.0 Å². The molecule has 1 saturated carbocycles. The second kappa shape index (κ2) is 8.17. The first-order valence-electron chi connectivity index (χ1n) is 12.4. The molecule has 5 nitrogen and oxygen atoms in total. The van der Waals surface area contributed by atoms with E-state index in [4.69, 9.17) is 9.47 Å². The Morgan fingerprint density at radius 1 is 1.09 bits per heavy atom. The fraction of sp³-hybridized carbons (Fsp3) is 0.448. The second-order valence-corrected chi connectivity index (χ2v) is 10.5. The lowest BCUT2D eigenvalue weighted by Crippen LogP contribution is -2.57. The van der Waals surface area contributed by atoms with E-state index in [9.17, 15) is 5.11 Å². The number of para-hydroxylation sites is 1. The highest BCUT2D eigenvalue weighted by atomic mass is 16.5. The molecule has 0 bridgehead atoms. The van der Waals surface area contributed by atoms with Crippen LogP contribution in [-0.2, 0) is 12.0 Å². The van der Waals surface area contributed by atoms with E-state index in [2.05, 4.69) is 47.1 Å². The fourth-order valence-electron chi connectivity index (χ4n) is 6.87. The Morgan fingerprint density at radius 2 is 1.85 bits per heavy atom. The molecule has 1 aliphatic carbocycles. The average molecular weight is 459 g/mol. The maximum Gasteiger partial charge on any atom is 0.123 e. The molecule has 3 aliphatic rings. The molecule has 0 radical (unpaired) electrons. The average Bonchev–Trinajstić information content (AvgIpc) is 3.23. The van der Waals surface area contributed by atoms with Gasteiger partial charge in [-0.3, -0.25) is 4.90 Å². The number of hydrogen-bond donors (Lipinski definition) is 2. The van der Waals surface area contributed by atoms with Crippen molar-refractivity contribution in [1.29, 1.82) is 0 Å². The molecule has 2 aliphatic heterocycles. The second-order valence-electron chi connectivity index (χ2n) is 10.5. The Labute approximate surface area is 201 Å². The van der Waals surface area contributed by atoms with E-state index >= 15 is 0 Å². The normalized spacial score (nSPS) is 30.0. The standard InChI is InChI=1S/C29H34N2O3/c1-29-16-20-14-27(32)19(10-18-11-22(33-2)15-23(12-18)34-3)13-21(20)17-31(29)9-8-25-24-6-4-5-7-26(24)30-28(25)29/h4-7,10-12,15,20-21,27,30,32H,8-9,13-14,16-17H2,1-3H3/b19-10+/t20?,21?,27-,29-/m0/s1. The van der Waals surface area contributed by atoms with Gasteiger partial charge in [0.1, 0.15) is 11.5 Å². The van der Waals surface area contributed by atoms with E-state index in [1.807, 2.05) is 18.2 Å². The van der Waals surface area contributed by atoms with Gasteiger partial charge in [0, 0.05) is 35.8 Å². The van der Waals surface area contributed by atoms with Crippen molar-refractivity contribution in [1.82, 2.24) is 9.88 Å². The van der Waals surface area contributed by atoms with E-state index in [-0.39, 0.29) is 5.54 Å². The minimum atomic E-state index is -0.403. The molecule has 0 amide bonds. The quantitative estimate of drug-likeness (QED) is 0.571. The number of hydrogen-bond acceptors (Lipinski definition) is 4. The lowest BCUT2D eigenvalue weighted by Gasteiger charge is -2.55. The zero-order chi connectivity index (χ0) is 23.4. The number of ether oxygens (including phenoxy) is 2. The molecular formula is C29H34N2O3. The van der Waals surface area contributed by atoms with Crippen LogP contribution in [-0.4, -0.2) is 48.4 Å². The van der Waals surface area contributed by atoms with E-state index < -0.39 is 6.10 Å². The molecule has 3 heterocycles. The zero-order valence-electron chi connectivity index (χ0n) is 20.3. The fourth-order valence-corrected chi connectivity index (χ4v) is 6.87. The number of methoxy groups -OCH3 is 2. The molecule has 2 unspecified atom stereocenters. The van der Waals surface area contributed by atoms with Crippen LogP contribution in [0.25, 0.3) is 17.0 Å². The van der Waals surface area contributed by atoms with E-state index in [1.165, 1.54) is 22.2 Å². The SMILES string of the molecule is COc1cc(/C=C2\CC3CN4CCc5c([nH]c6ccccc56)[C@]4(C)CC3C[C@@H]2O)cc(OC)c1. The van der Waals surface area contributed by atoms with Gasteiger partial charge in [-0.15, -0.1) is 0 Å². The molecule has 34 heavy (non-hydrogen) atoms. The van der Waals surface area contributed by atoms with Crippen molar-refractivity contribution in [2.24, 2.45) is 11.8 Å².